The van der Waals surface area contributed by atoms with Gasteiger partial charge in [-0.15, -0.1) is 0 Å². The molecule has 114 valence electrons. The van der Waals surface area contributed by atoms with E-state index in [0.717, 1.165) is 24.4 Å². The third-order valence-electron chi connectivity index (χ3n) is 3.18. The van der Waals surface area contributed by atoms with Crippen LogP contribution in [0.15, 0.2) is 6.07 Å². The molecular weight excluding hydrogens is 250 g/mol. The van der Waals surface area contributed by atoms with Crippen molar-refractivity contribution in [2.45, 2.75) is 72.3 Å². The van der Waals surface area contributed by atoms with Crippen LogP contribution in [0.1, 0.15) is 66.3 Å². The Labute approximate surface area is 122 Å². The summed E-state index contributed by atoms with van der Waals surface area (Å²) in [4.78, 5) is 11.9. The Hall–Kier alpha value is -1.32. The number of amides is 1. The van der Waals surface area contributed by atoms with E-state index in [-0.39, 0.29) is 16.7 Å². The minimum absolute atomic E-state index is 0.00878. The van der Waals surface area contributed by atoms with E-state index in [1.54, 1.807) is 0 Å². The standard InChI is InChI=1S/C16H29N3O/c1-8-9-17-14(20)11-19-13(16(5,6)7)10-12(18-19)15(2,3)4/h10H,8-9,11H2,1-7H3,(H,17,20). The normalized spacial score (nSPS) is 12.6. The highest BCUT2D eigenvalue weighted by molar-refractivity contribution is 5.75. The molecule has 4 nitrogen and oxygen atoms in total. The summed E-state index contributed by atoms with van der Waals surface area (Å²) < 4.78 is 1.85. The van der Waals surface area contributed by atoms with Crippen LogP contribution in [0.2, 0.25) is 0 Å². The van der Waals surface area contributed by atoms with Crippen molar-refractivity contribution in [3.8, 4) is 0 Å². The highest BCUT2D eigenvalue weighted by Gasteiger charge is 2.26. The molecule has 0 saturated heterocycles. The monoisotopic (exact) mass is 279 g/mol. The van der Waals surface area contributed by atoms with E-state index in [1.807, 2.05) is 11.6 Å². The molecule has 0 saturated carbocycles. The molecule has 0 unspecified atom stereocenters. The third kappa shape index (κ3) is 4.36. The van der Waals surface area contributed by atoms with Gasteiger partial charge < -0.3 is 5.32 Å². The molecule has 20 heavy (non-hydrogen) atoms. The van der Waals surface area contributed by atoms with Gasteiger partial charge in [0.2, 0.25) is 5.91 Å². The number of nitrogens with one attached hydrogen (secondary N) is 1. The minimum Gasteiger partial charge on any atom is -0.355 e. The maximum absolute atomic E-state index is 11.9. The van der Waals surface area contributed by atoms with Crippen molar-refractivity contribution in [2.75, 3.05) is 6.54 Å². The molecule has 1 N–H and O–H groups in total. The van der Waals surface area contributed by atoms with Crippen LogP contribution in [-0.4, -0.2) is 22.2 Å². The Bertz CT molecular complexity index is 461. The molecule has 1 aromatic rings. The average Bonchev–Trinajstić information content (AvgIpc) is 2.69. The van der Waals surface area contributed by atoms with Gasteiger partial charge >= 0.3 is 0 Å². The topological polar surface area (TPSA) is 46.9 Å². The summed E-state index contributed by atoms with van der Waals surface area (Å²) in [5.74, 6) is 0.0286. The number of hydrogen-bond acceptors (Lipinski definition) is 2. The number of carbonyl (C=O) groups is 1. The molecule has 0 bridgehead atoms. The molecule has 0 atom stereocenters. The lowest BCUT2D eigenvalue weighted by Gasteiger charge is -2.20. The second kappa shape index (κ2) is 5.98. The highest BCUT2D eigenvalue weighted by atomic mass is 16.2. The zero-order valence-corrected chi connectivity index (χ0v) is 14.0. The maximum atomic E-state index is 11.9. The van der Waals surface area contributed by atoms with E-state index in [0.29, 0.717) is 6.54 Å². The van der Waals surface area contributed by atoms with Gasteiger partial charge in [0, 0.05) is 23.1 Å². The van der Waals surface area contributed by atoms with Gasteiger partial charge in [-0.3, -0.25) is 9.48 Å². The van der Waals surface area contributed by atoms with E-state index in [1.165, 1.54) is 0 Å². The van der Waals surface area contributed by atoms with E-state index in [9.17, 15) is 4.79 Å². The maximum Gasteiger partial charge on any atom is 0.241 e. The Morgan fingerprint density at radius 3 is 2.25 bits per heavy atom. The Balaban J connectivity index is 3.04. The average molecular weight is 279 g/mol. The first-order chi connectivity index (χ1) is 9.05. The van der Waals surface area contributed by atoms with Crippen LogP contribution < -0.4 is 5.32 Å². The second-order valence-electron chi connectivity index (χ2n) is 7.42. The second-order valence-corrected chi connectivity index (χ2v) is 7.42. The fourth-order valence-electron chi connectivity index (χ4n) is 1.96. The van der Waals surface area contributed by atoms with Crippen molar-refractivity contribution in [1.82, 2.24) is 15.1 Å². The summed E-state index contributed by atoms with van der Waals surface area (Å²) in [6.07, 6.45) is 0.949. The number of nitrogens with zero attached hydrogens (tertiary/aromatic N) is 2. The van der Waals surface area contributed by atoms with Gasteiger partial charge in [0.05, 0.1) is 5.69 Å². The van der Waals surface area contributed by atoms with Crippen LogP contribution in [0.5, 0.6) is 0 Å². The van der Waals surface area contributed by atoms with Crippen molar-refractivity contribution in [1.29, 1.82) is 0 Å². The van der Waals surface area contributed by atoms with Crippen molar-refractivity contribution in [3.05, 3.63) is 17.5 Å². The summed E-state index contributed by atoms with van der Waals surface area (Å²) >= 11 is 0. The zero-order valence-electron chi connectivity index (χ0n) is 14.0. The van der Waals surface area contributed by atoms with Gasteiger partial charge in [-0.2, -0.15) is 5.10 Å². The molecule has 1 rings (SSSR count). The fraction of sp³-hybridized carbons (Fsp3) is 0.750. The molecule has 4 heteroatoms. The first-order valence-electron chi connectivity index (χ1n) is 7.41. The van der Waals surface area contributed by atoms with Crippen molar-refractivity contribution < 1.29 is 4.79 Å². The molecule has 1 aromatic heterocycles. The molecule has 0 radical (unpaired) electrons. The smallest absolute Gasteiger partial charge is 0.241 e. The lowest BCUT2D eigenvalue weighted by Crippen LogP contribution is -2.31. The van der Waals surface area contributed by atoms with E-state index in [2.05, 4.69) is 58.0 Å². The molecular formula is C16H29N3O. The predicted octanol–water partition coefficient (Wildman–Crippen LogP) is 3.00. The number of carbonyl (C=O) groups excluding carboxylic acids is 1. The quantitative estimate of drug-likeness (QED) is 0.921. The van der Waals surface area contributed by atoms with Crippen LogP contribution in [0.25, 0.3) is 0 Å². The molecule has 0 spiro atoms. The van der Waals surface area contributed by atoms with Gasteiger partial charge in [-0.05, 0) is 12.5 Å². The largest absolute Gasteiger partial charge is 0.355 e. The Morgan fingerprint density at radius 2 is 1.80 bits per heavy atom. The predicted molar refractivity (Wildman–Crippen MR) is 82.9 cm³/mol. The first-order valence-corrected chi connectivity index (χ1v) is 7.41. The lowest BCUT2D eigenvalue weighted by atomic mass is 9.88. The summed E-state index contributed by atoms with van der Waals surface area (Å²) in [5.41, 5.74) is 2.10. The van der Waals surface area contributed by atoms with Gasteiger partial charge in [-0.1, -0.05) is 48.5 Å². The van der Waals surface area contributed by atoms with Gasteiger partial charge in [0.15, 0.2) is 0 Å². The van der Waals surface area contributed by atoms with Crippen LogP contribution in [0.4, 0.5) is 0 Å². The zero-order chi connectivity index (χ0) is 15.6. The van der Waals surface area contributed by atoms with Crippen LogP contribution in [-0.2, 0) is 22.2 Å². The molecule has 0 aliphatic rings. The van der Waals surface area contributed by atoms with Crippen molar-refractivity contribution >= 4 is 5.91 Å². The summed E-state index contributed by atoms with van der Waals surface area (Å²) in [6.45, 7) is 15.9. The van der Waals surface area contributed by atoms with Crippen LogP contribution in [0.3, 0.4) is 0 Å². The summed E-state index contributed by atoms with van der Waals surface area (Å²) in [7, 11) is 0. The molecule has 0 aliphatic heterocycles. The lowest BCUT2D eigenvalue weighted by molar-refractivity contribution is -0.121. The number of rotatable bonds is 4. The van der Waals surface area contributed by atoms with Crippen molar-refractivity contribution in [2.24, 2.45) is 0 Å². The molecule has 1 heterocycles. The molecule has 0 fully saturated rings. The fourth-order valence-corrected chi connectivity index (χ4v) is 1.96. The van der Waals surface area contributed by atoms with Crippen molar-refractivity contribution in [3.63, 3.8) is 0 Å². The van der Waals surface area contributed by atoms with E-state index >= 15 is 0 Å². The molecule has 1 amide bonds. The van der Waals surface area contributed by atoms with Gasteiger partial charge in [-0.25, -0.2) is 0 Å². The highest BCUT2D eigenvalue weighted by Crippen LogP contribution is 2.28. The summed E-state index contributed by atoms with van der Waals surface area (Å²) in [6, 6.07) is 2.13. The SMILES string of the molecule is CCCNC(=O)Cn1nc(C(C)(C)C)cc1C(C)(C)C. The molecule has 0 aromatic carbocycles. The third-order valence-corrected chi connectivity index (χ3v) is 3.18. The Kier molecular flexibility index (Phi) is 5.00. The number of hydrogen-bond donors (Lipinski definition) is 1. The number of aromatic nitrogens is 2. The van der Waals surface area contributed by atoms with E-state index < -0.39 is 0 Å². The Morgan fingerprint density at radius 1 is 1.20 bits per heavy atom. The minimum atomic E-state index is -0.0263. The van der Waals surface area contributed by atoms with Crippen LogP contribution >= 0.6 is 0 Å². The van der Waals surface area contributed by atoms with Gasteiger partial charge in [0.25, 0.3) is 0 Å². The van der Waals surface area contributed by atoms with E-state index in [4.69, 9.17) is 0 Å². The van der Waals surface area contributed by atoms with Gasteiger partial charge in [0.1, 0.15) is 6.54 Å². The summed E-state index contributed by atoms with van der Waals surface area (Å²) in [5, 5.41) is 7.56. The van der Waals surface area contributed by atoms with Crippen LogP contribution in [0, 0.1) is 0 Å². The first kappa shape index (κ1) is 16.7. The molecule has 0 aliphatic carbocycles.